The highest BCUT2D eigenvalue weighted by Crippen LogP contribution is 2.27. The lowest BCUT2D eigenvalue weighted by Crippen LogP contribution is -2.33. The summed E-state index contributed by atoms with van der Waals surface area (Å²) in [5.41, 5.74) is 2.05. The molecule has 0 radical (unpaired) electrons. The summed E-state index contributed by atoms with van der Waals surface area (Å²) in [6.45, 7) is 2.54. The third kappa shape index (κ3) is 3.74. The van der Waals surface area contributed by atoms with Gasteiger partial charge in [-0.25, -0.2) is 4.39 Å². The number of nitrogens with zero attached hydrogens (tertiary/aromatic N) is 1. The van der Waals surface area contributed by atoms with E-state index in [4.69, 9.17) is 0 Å². The number of benzene rings is 2. The van der Waals surface area contributed by atoms with E-state index in [0.717, 1.165) is 12.1 Å². The molecule has 130 valence electrons. The predicted octanol–water partition coefficient (Wildman–Crippen LogP) is 4.14. The van der Waals surface area contributed by atoms with Gasteiger partial charge in [-0.1, -0.05) is 35.0 Å². The Morgan fingerprint density at radius 2 is 2.00 bits per heavy atom. The van der Waals surface area contributed by atoms with Crippen molar-refractivity contribution < 1.29 is 14.0 Å². The van der Waals surface area contributed by atoms with Crippen LogP contribution in [0.3, 0.4) is 0 Å². The molecule has 0 aromatic heterocycles. The van der Waals surface area contributed by atoms with Crippen molar-refractivity contribution in [3.63, 3.8) is 0 Å². The molecular formula is C19H18BrFN2O2. The first-order chi connectivity index (χ1) is 12.0. The molecular weight excluding hydrogens is 387 g/mol. The van der Waals surface area contributed by atoms with Crippen molar-refractivity contribution in [3.8, 4) is 0 Å². The number of hydrogen-bond acceptors (Lipinski definition) is 2. The number of anilines is 2. The van der Waals surface area contributed by atoms with Crippen molar-refractivity contribution in [2.75, 3.05) is 16.8 Å². The van der Waals surface area contributed by atoms with Gasteiger partial charge in [0.1, 0.15) is 11.7 Å². The zero-order chi connectivity index (χ0) is 18.0. The second kappa shape index (κ2) is 7.35. The van der Waals surface area contributed by atoms with Crippen LogP contribution in [0.1, 0.15) is 18.9 Å². The number of amides is 2. The van der Waals surface area contributed by atoms with E-state index in [9.17, 15) is 14.0 Å². The van der Waals surface area contributed by atoms with E-state index >= 15 is 0 Å². The Balaban J connectivity index is 1.71. The van der Waals surface area contributed by atoms with Gasteiger partial charge in [0, 0.05) is 16.7 Å². The summed E-state index contributed by atoms with van der Waals surface area (Å²) in [6, 6.07) is 12.1. The van der Waals surface area contributed by atoms with E-state index in [2.05, 4.69) is 28.2 Å². The van der Waals surface area contributed by atoms with Crippen LogP contribution in [0.15, 0.2) is 46.9 Å². The summed E-state index contributed by atoms with van der Waals surface area (Å²) in [5.74, 6) is -2.06. The summed E-state index contributed by atoms with van der Waals surface area (Å²) in [5, 5.41) is 2.52. The summed E-state index contributed by atoms with van der Waals surface area (Å²) >= 11 is 3.17. The lowest BCUT2D eigenvalue weighted by atomic mass is 10.1. The number of aryl methyl sites for hydroxylation is 1. The lowest BCUT2D eigenvalue weighted by Gasteiger charge is -2.17. The molecule has 6 heteroatoms. The molecule has 1 atom stereocenters. The zero-order valence-corrected chi connectivity index (χ0v) is 15.3. The molecule has 25 heavy (non-hydrogen) atoms. The molecule has 1 heterocycles. The molecule has 1 aliphatic heterocycles. The van der Waals surface area contributed by atoms with Crippen molar-refractivity contribution in [2.24, 2.45) is 5.92 Å². The molecule has 0 bridgehead atoms. The summed E-state index contributed by atoms with van der Waals surface area (Å²) < 4.78 is 14.5. The average Bonchev–Trinajstić information content (AvgIpc) is 2.99. The van der Waals surface area contributed by atoms with Crippen molar-refractivity contribution in [3.05, 3.63) is 58.3 Å². The monoisotopic (exact) mass is 404 g/mol. The number of halogens is 2. The van der Waals surface area contributed by atoms with E-state index in [-0.39, 0.29) is 11.6 Å². The lowest BCUT2D eigenvalue weighted by molar-refractivity contribution is -0.129. The van der Waals surface area contributed by atoms with Crippen LogP contribution >= 0.6 is 15.9 Å². The SMILES string of the molecule is CCc1ccc(N2CC[C@@H](C(=O)Nc3ccc(Br)cc3F)C2=O)cc1. The van der Waals surface area contributed by atoms with Gasteiger partial charge in [0.25, 0.3) is 0 Å². The summed E-state index contributed by atoms with van der Waals surface area (Å²) in [4.78, 5) is 26.6. The predicted molar refractivity (Wildman–Crippen MR) is 99.0 cm³/mol. The highest BCUT2D eigenvalue weighted by molar-refractivity contribution is 9.10. The maximum atomic E-state index is 13.9. The van der Waals surface area contributed by atoms with E-state index in [1.165, 1.54) is 17.7 Å². The molecule has 0 unspecified atom stereocenters. The van der Waals surface area contributed by atoms with Crippen LogP contribution in [0.4, 0.5) is 15.8 Å². The van der Waals surface area contributed by atoms with Crippen LogP contribution in [0.5, 0.6) is 0 Å². The Hall–Kier alpha value is -2.21. The Kier molecular flexibility index (Phi) is 5.18. The smallest absolute Gasteiger partial charge is 0.239 e. The Morgan fingerprint density at radius 3 is 2.64 bits per heavy atom. The molecule has 2 amide bonds. The van der Waals surface area contributed by atoms with Gasteiger partial charge in [-0.15, -0.1) is 0 Å². The molecule has 2 aromatic carbocycles. The third-order valence-corrected chi connectivity index (χ3v) is 4.86. The van der Waals surface area contributed by atoms with Crippen LogP contribution in [0, 0.1) is 11.7 Å². The van der Waals surface area contributed by atoms with Gasteiger partial charge in [0.15, 0.2) is 0 Å². The molecule has 0 spiro atoms. The molecule has 3 rings (SSSR count). The quantitative estimate of drug-likeness (QED) is 0.778. The number of rotatable bonds is 4. The Labute approximate surface area is 154 Å². The van der Waals surface area contributed by atoms with Gasteiger partial charge in [0.2, 0.25) is 11.8 Å². The standard InChI is InChI=1S/C19H18BrFN2O2/c1-2-12-3-6-14(7-4-12)23-10-9-15(19(23)25)18(24)22-17-8-5-13(20)11-16(17)21/h3-8,11,15H,2,9-10H2,1H3,(H,22,24)/t15-/m0/s1. The van der Waals surface area contributed by atoms with Gasteiger partial charge in [-0.05, 0) is 48.7 Å². The Bertz CT molecular complexity index is 808. The van der Waals surface area contributed by atoms with Gasteiger partial charge in [0.05, 0.1) is 5.69 Å². The topological polar surface area (TPSA) is 49.4 Å². The number of carbonyl (C=O) groups is 2. The van der Waals surface area contributed by atoms with Crippen LogP contribution in [-0.4, -0.2) is 18.4 Å². The van der Waals surface area contributed by atoms with Gasteiger partial charge >= 0.3 is 0 Å². The fourth-order valence-corrected chi connectivity index (χ4v) is 3.23. The molecule has 1 N–H and O–H groups in total. The molecule has 0 aliphatic carbocycles. The number of carbonyl (C=O) groups excluding carboxylic acids is 2. The fourth-order valence-electron chi connectivity index (χ4n) is 2.90. The van der Waals surface area contributed by atoms with Crippen molar-refractivity contribution in [2.45, 2.75) is 19.8 Å². The molecule has 1 fully saturated rings. The fraction of sp³-hybridized carbons (Fsp3) is 0.263. The largest absolute Gasteiger partial charge is 0.323 e. The van der Waals surface area contributed by atoms with Crippen molar-refractivity contribution in [1.29, 1.82) is 0 Å². The minimum absolute atomic E-state index is 0.0757. The van der Waals surface area contributed by atoms with Gasteiger partial charge in [-0.3, -0.25) is 9.59 Å². The first-order valence-electron chi connectivity index (χ1n) is 8.16. The van der Waals surface area contributed by atoms with Crippen LogP contribution in [0.2, 0.25) is 0 Å². The highest BCUT2D eigenvalue weighted by Gasteiger charge is 2.37. The van der Waals surface area contributed by atoms with E-state index in [0.29, 0.717) is 17.4 Å². The summed E-state index contributed by atoms with van der Waals surface area (Å²) in [6.07, 6.45) is 1.34. The maximum Gasteiger partial charge on any atom is 0.239 e. The molecule has 0 saturated carbocycles. The zero-order valence-electron chi connectivity index (χ0n) is 13.8. The van der Waals surface area contributed by atoms with Crippen molar-refractivity contribution in [1.82, 2.24) is 0 Å². The minimum atomic E-state index is -0.797. The molecule has 4 nitrogen and oxygen atoms in total. The van der Waals surface area contributed by atoms with E-state index < -0.39 is 17.6 Å². The van der Waals surface area contributed by atoms with Gasteiger partial charge in [-0.2, -0.15) is 0 Å². The maximum absolute atomic E-state index is 13.9. The normalized spacial score (nSPS) is 17.0. The minimum Gasteiger partial charge on any atom is -0.323 e. The van der Waals surface area contributed by atoms with Crippen LogP contribution in [0.25, 0.3) is 0 Å². The first-order valence-corrected chi connectivity index (χ1v) is 8.95. The number of hydrogen-bond donors (Lipinski definition) is 1. The third-order valence-electron chi connectivity index (χ3n) is 4.37. The van der Waals surface area contributed by atoms with Crippen LogP contribution < -0.4 is 10.2 Å². The average molecular weight is 405 g/mol. The first kappa shape index (κ1) is 17.6. The molecule has 1 saturated heterocycles. The van der Waals surface area contributed by atoms with Crippen molar-refractivity contribution >= 4 is 39.1 Å². The Morgan fingerprint density at radius 1 is 1.28 bits per heavy atom. The molecule has 2 aromatic rings. The molecule has 1 aliphatic rings. The van der Waals surface area contributed by atoms with E-state index in [1.807, 2.05) is 24.3 Å². The number of nitrogens with one attached hydrogen (secondary N) is 1. The second-order valence-electron chi connectivity index (χ2n) is 5.96. The van der Waals surface area contributed by atoms with Gasteiger partial charge < -0.3 is 10.2 Å². The highest BCUT2D eigenvalue weighted by atomic mass is 79.9. The summed E-state index contributed by atoms with van der Waals surface area (Å²) in [7, 11) is 0. The van der Waals surface area contributed by atoms with Crippen LogP contribution in [-0.2, 0) is 16.0 Å². The second-order valence-corrected chi connectivity index (χ2v) is 6.88. The van der Waals surface area contributed by atoms with E-state index in [1.54, 1.807) is 11.0 Å².